The van der Waals surface area contributed by atoms with E-state index in [1.165, 1.54) is 12.4 Å². The number of ether oxygens (including phenoxy) is 3. The highest BCUT2D eigenvalue weighted by atomic mass is 16.5. The fraction of sp³-hybridized carbons (Fsp3) is 0.458. The molecular weight excluding hydrogens is 452 g/mol. The SMILES string of the molecule is O=C(O)COc1cnc(N[C@H]2CC[C@@H](Oc3nc(N4CCOCC4)cc4ncccc34)CC2)nc1. The molecule has 1 aliphatic heterocycles. The van der Waals surface area contributed by atoms with Crippen molar-refractivity contribution >= 4 is 28.6 Å². The normalized spacial score (nSPS) is 20.4. The molecule has 11 nitrogen and oxygen atoms in total. The largest absolute Gasteiger partial charge is 0.479 e. The van der Waals surface area contributed by atoms with E-state index in [2.05, 4.69) is 25.2 Å². The average Bonchev–Trinajstić information content (AvgIpc) is 2.90. The Kier molecular flexibility index (Phi) is 7.03. The number of rotatable bonds is 8. The van der Waals surface area contributed by atoms with Crippen LogP contribution in [0.2, 0.25) is 0 Å². The van der Waals surface area contributed by atoms with Gasteiger partial charge in [0.2, 0.25) is 11.8 Å². The van der Waals surface area contributed by atoms with Crippen molar-refractivity contribution in [2.75, 3.05) is 43.1 Å². The van der Waals surface area contributed by atoms with Gasteiger partial charge in [0.15, 0.2) is 12.4 Å². The number of fused-ring (bicyclic) bond motifs is 1. The predicted molar refractivity (Wildman–Crippen MR) is 128 cm³/mol. The second-order valence-corrected chi connectivity index (χ2v) is 8.62. The number of hydrogen-bond acceptors (Lipinski definition) is 10. The number of nitrogens with one attached hydrogen (secondary N) is 1. The zero-order valence-corrected chi connectivity index (χ0v) is 19.3. The number of anilines is 2. The van der Waals surface area contributed by atoms with Gasteiger partial charge >= 0.3 is 5.97 Å². The van der Waals surface area contributed by atoms with Crippen LogP contribution in [-0.4, -0.2) is 76.1 Å². The Hall–Kier alpha value is -3.73. The van der Waals surface area contributed by atoms with Gasteiger partial charge in [-0.15, -0.1) is 0 Å². The lowest BCUT2D eigenvalue weighted by Crippen LogP contribution is -2.37. The third kappa shape index (κ3) is 5.86. The molecule has 5 rings (SSSR count). The number of nitrogens with zero attached hydrogens (tertiary/aromatic N) is 5. The molecular formula is C24H28N6O5. The molecule has 3 aromatic rings. The van der Waals surface area contributed by atoms with E-state index in [-0.39, 0.29) is 12.1 Å². The first-order valence-electron chi connectivity index (χ1n) is 11.8. The van der Waals surface area contributed by atoms with E-state index < -0.39 is 12.6 Å². The van der Waals surface area contributed by atoms with Gasteiger partial charge in [0, 0.05) is 31.4 Å². The molecule has 1 saturated heterocycles. The van der Waals surface area contributed by atoms with Crippen LogP contribution in [0.15, 0.2) is 36.8 Å². The van der Waals surface area contributed by atoms with E-state index >= 15 is 0 Å². The van der Waals surface area contributed by atoms with Crippen molar-refractivity contribution in [1.82, 2.24) is 19.9 Å². The van der Waals surface area contributed by atoms with Crippen LogP contribution in [0.3, 0.4) is 0 Å². The summed E-state index contributed by atoms with van der Waals surface area (Å²) >= 11 is 0. The summed E-state index contributed by atoms with van der Waals surface area (Å²) in [6.45, 7) is 2.57. The molecule has 184 valence electrons. The Morgan fingerprint density at radius 3 is 2.66 bits per heavy atom. The van der Waals surface area contributed by atoms with Gasteiger partial charge in [0.1, 0.15) is 11.9 Å². The molecule has 35 heavy (non-hydrogen) atoms. The number of carbonyl (C=O) groups is 1. The highest BCUT2D eigenvalue weighted by Crippen LogP contribution is 2.31. The third-order valence-electron chi connectivity index (χ3n) is 6.16. The summed E-state index contributed by atoms with van der Waals surface area (Å²) in [7, 11) is 0. The van der Waals surface area contributed by atoms with Crippen LogP contribution in [-0.2, 0) is 9.53 Å². The first-order chi connectivity index (χ1) is 17.1. The summed E-state index contributed by atoms with van der Waals surface area (Å²) in [6.07, 6.45) is 8.37. The van der Waals surface area contributed by atoms with Crippen molar-refractivity contribution in [3.63, 3.8) is 0 Å². The Morgan fingerprint density at radius 2 is 1.91 bits per heavy atom. The van der Waals surface area contributed by atoms with Crippen LogP contribution in [0.4, 0.5) is 11.8 Å². The van der Waals surface area contributed by atoms with Crippen molar-refractivity contribution in [1.29, 1.82) is 0 Å². The molecule has 1 aliphatic carbocycles. The molecule has 11 heteroatoms. The fourth-order valence-corrected chi connectivity index (χ4v) is 4.35. The fourth-order valence-electron chi connectivity index (χ4n) is 4.35. The maximum atomic E-state index is 10.6. The minimum atomic E-state index is -1.04. The van der Waals surface area contributed by atoms with Crippen molar-refractivity contribution in [3.8, 4) is 11.6 Å². The van der Waals surface area contributed by atoms with Gasteiger partial charge in [-0.25, -0.2) is 14.8 Å². The highest BCUT2D eigenvalue weighted by molar-refractivity contribution is 5.85. The van der Waals surface area contributed by atoms with Gasteiger partial charge in [-0.05, 0) is 37.8 Å². The summed E-state index contributed by atoms with van der Waals surface area (Å²) in [4.78, 5) is 30.7. The van der Waals surface area contributed by atoms with Crippen LogP contribution in [0, 0.1) is 0 Å². The lowest BCUT2D eigenvalue weighted by Gasteiger charge is -2.31. The minimum Gasteiger partial charge on any atom is -0.479 e. The molecule has 0 atom stereocenters. The van der Waals surface area contributed by atoms with E-state index in [0.29, 0.717) is 30.8 Å². The summed E-state index contributed by atoms with van der Waals surface area (Å²) < 4.78 is 17.0. The zero-order valence-electron chi connectivity index (χ0n) is 19.3. The number of carboxylic acid groups (broad SMARTS) is 1. The Balaban J connectivity index is 1.19. The van der Waals surface area contributed by atoms with Crippen molar-refractivity contribution in [3.05, 3.63) is 36.8 Å². The molecule has 0 bridgehead atoms. The van der Waals surface area contributed by atoms with Gasteiger partial charge in [-0.2, -0.15) is 4.98 Å². The van der Waals surface area contributed by atoms with Crippen LogP contribution in [0.5, 0.6) is 11.6 Å². The summed E-state index contributed by atoms with van der Waals surface area (Å²) in [5.41, 5.74) is 0.877. The number of hydrogen-bond donors (Lipinski definition) is 2. The van der Waals surface area contributed by atoms with Crippen LogP contribution in [0.1, 0.15) is 25.7 Å². The minimum absolute atomic E-state index is 0.0663. The Morgan fingerprint density at radius 1 is 1.14 bits per heavy atom. The molecule has 2 fully saturated rings. The second-order valence-electron chi connectivity index (χ2n) is 8.62. The van der Waals surface area contributed by atoms with E-state index in [1.54, 1.807) is 6.20 Å². The zero-order chi connectivity index (χ0) is 24.0. The molecule has 1 saturated carbocycles. The molecule has 4 heterocycles. The molecule has 2 N–H and O–H groups in total. The van der Waals surface area contributed by atoms with E-state index in [4.69, 9.17) is 24.3 Å². The molecule has 2 aliphatic rings. The summed E-state index contributed by atoms with van der Waals surface area (Å²) in [5.74, 6) is 1.28. The number of pyridine rings is 2. The average molecular weight is 481 g/mol. The van der Waals surface area contributed by atoms with Gasteiger partial charge < -0.3 is 29.5 Å². The molecule has 0 unspecified atom stereocenters. The van der Waals surface area contributed by atoms with Gasteiger partial charge in [0.25, 0.3) is 0 Å². The Labute approximate surface area is 202 Å². The first-order valence-corrected chi connectivity index (χ1v) is 11.8. The van der Waals surface area contributed by atoms with Crippen molar-refractivity contribution in [2.24, 2.45) is 0 Å². The summed E-state index contributed by atoms with van der Waals surface area (Å²) in [5, 5.41) is 12.9. The quantitative estimate of drug-likeness (QED) is 0.493. The molecule has 3 aromatic heterocycles. The number of aliphatic carboxylic acids is 1. The van der Waals surface area contributed by atoms with E-state index in [1.807, 2.05) is 18.2 Å². The molecule has 0 aromatic carbocycles. The molecule has 0 spiro atoms. The molecule has 0 amide bonds. The molecule has 0 radical (unpaired) electrons. The highest BCUT2D eigenvalue weighted by Gasteiger charge is 2.25. The monoisotopic (exact) mass is 480 g/mol. The maximum absolute atomic E-state index is 10.6. The van der Waals surface area contributed by atoms with Crippen LogP contribution >= 0.6 is 0 Å². The van der Waals surface area contributed by atoms with Gasteiger partial charge in [0.05, 0.1) is 36.5 Å². The lowest BCUT2D eigenvalue weighted by molar-refractivity contribution is -0.139. The maximum Gasteiger partial charge on any atom is 0.341 e. The smallest absolute Gasteiger partial charge is 0.341 e. The predicted octanol–water partition coefficient (Wildman–Crippen LogP) is 2.52. The van der Waals surface area contributed by atoms with Gasteiger partial charge in [-0.1, -0.05) is 0 Å². The van der Waals surface area contributed by atoms with E-state index in [9.17, 15) is 4.79 Å². The van der Waals surface area contributed by atoms with Crippen molar-refractivity contribution < 1.29 is 24.1 Å². The standard InChI is InChI=1S/C24H28N6O5/c31-22(32)15-34-18-13-26-24(27-14-18)28-16-3-5-17(6-4-16)35-23-19-2-1-7-25-20(19)12-21(29-23)30-8-10-33-11-9-30/h1-2,7,12-14,16-17H,3-6,8-11,15H2,(H,31,32)(H,26,27,28)/t16-,17+. The first kappa shape index (κ1) is 23.0. The second kappa shape index (κ2) is 10.7. The van der Waals surface area contributed by atoms with Crippen LogP contribution < -0.4 is 19.7 Å². The number of carboxylic acids is 1. The number of morpholine rings is 1. The van der Waals surface area contributed by atoms with Crippen LogP contribution in [0.25, 0.3) is 10.9 Å². The topological polar surface area (TPSA) is 132 Å². The Bertz CT molecular complexity index is 1150. The van der Waals surface area contributed by atoms with Crippen molar-refractivity contribution in [2.45, 2.75) is 37.8 Å². The van der Waals surface area contributed by atoms with E-state index in [0.717, 1.165) is 55.5 Å². The van der Waals surface area contributed by atoms with Gasteiger partial charge in [-0.3, -0.25) is 4.98 Å². The third-order valence-corrected chi connectivity index (χ3v) is 6.16. The number of aromatic nitrogens is 4. The lowest BCUT2D eigenvalue weighted by atomic mass is 9.93. The summed E-state index contributed by atoms with van der Waals surface area (Å²) in [6, 6.07) is 6.16.